The molecule has 9 heteroatoms. The van der Waals surface area contributed by atoms with Gasteiger partial charge in [0, 0.05) is 35.3 Å². The largest absolute Gasteiger partial charge is 0.496 e. The summed E-state index contributed by atoms with van der Waals surface area (Å²) in [4.78, 5) is 29.2. The number of halogens is 2. The Labute approximate surface area is 198 Å². The average Bonchev–Trinajstić information content (AvgIpc) is 2.74. The Morgan fingerprint density at radius 2 is 1.94 bits per heavy atom. The van der Waals surface area contributed by atoms with Crippen molar-refractivity contribution in [3.8, 4) is 16.9 Å². The standard InChI is InChI=1S/C24H29ClFN3O4/c1-24(2,3)33-23(31)28-16-7-5-6-14(10-16)22(30)29-21-12-18(19(25)13-27-21)17-9-8-15(26)11-20(17)32-4/h8-9,11-14,16H,5-7,10H2,1-4H3,(H,28,31)(H,27,29,30)/t14-,16+/m0/s1. The zero-order valence-corrected chi connectivity index (χ0v) is 20.0. The van der Waals surface area contributed by atoms with E-state index in [1.807, 2.05) is 0 Å². The minimum absolute atomic E-state index is 0.137. The van der Waals surface area contributed by atoms with Crippen LogP contribution >= 0.6 is 11.6 Å². The van der Waals surface area contributed by atoms with Crippen molar-refractivity contribution in [1.82, 2.24) is 10.3 Å². The van der Waals surface area contributed by atoms with Crippen LogP contribution in [0.3, 0.4) is 0 Å². The Morgan fingerprint density at radius 3 is 2.64 bits per heavy atom. The van der Waals surface area contributed by atoms with Gasteiger partial charge in [0.25, 0.3) is 0 Å². The van der Waals surface area contributed by atoms with E-state index < -0.39 is 17.5 Å². The minimum Gasteiger partial charge on any atom is -0.496 e. The Balaban J connectivity index is 1.69. The number of hydrogen-bond acceptors (Lipinski definition) is 5. The number of benzene rings is 1. The molecule has 0 unspecified atom stereocenters. The van der Waals surface area contributed by atoms with E-state index in [0.717, 1.165) is 12.8 Å². The topological polar surface area (TPSA) is 89.6 Å². The van der Waals surface area contributed by atoms with Crippen LogP contribution in [0.25, 0.3) is 11.1 Å². The second-order valence-electron chi connectivity index (χ2n) is 9.09. The summed E-state index contributed by atoms with van der Waals surface area (Å²) in [7, 11) is 1.45. The smallest absolute Gasteiger partial charge is 0.407 e. The van der Waals surface area contributed by atoms with Gasteiger partial charge in [0.2, 0.25) is 5.91 Å². The lowest BCUT2D eigenvalue weighted by Gasteiger charge is -2.30. The summed E-state index contributed by atoms with van der Waals surface area (Å²) < 4.78 is 24.2. The lowest BCUT2D eigenvalue weighted by molar-refractivity contribution is -0.121. The lowest BCUT2D eigenvalue weighted by atomic mass is 9.85. The monoisotopic (exact) mass is 477 g/mol. The molecule has 1 fully saturated rings. The predicted molar refractivity (Wildman–Crippen MR) is 125 cm³/mol. The molecule has 33 heavy (non-hydrogen) atoms. The van der Waals surface area contributed by atoms with E-state index in [2.05, 4.69) is 15.6 Å². The molecule has 1 aliphatic rings. The number of carbonyl (C=O) groups is 2. The van der Waals surface area contributed by atoms with Crippen LogP contribution < -0.4 is 15.4 Å². The number of pyridine rings is 1. The fourth-order valence-electron chi connectivity index (χ4n) is 3.86. The van der Waals surface area contributed by atoms with Crippen LogP contribution in [0.5, 0.6) is 5.75 Å². The molecule has 1 aromatic heterocycles. The number of carbonyl (C=O) groups excluding carboxylic acids is 2. The molecule has 3 rings (SSSR count). The zero-order chi connectivity index (χ0) is 24.2. The number of amides is 2. The van der Waals surface area contributed by atoms with Crippen molar-refractivity contribution >= 4 is 29.4 Å². The fourth-order valence-corrected chi connectivity index (χ4v) is 4.07. The molecular weight excluding hydrogens is 449 g/mol. The third-order valence-electron chi connectivity index (χ3n) is 5.33. The van der Waals surface area contributed by atoms with E-state index in [1.165, 1.54) is 25.4 Å². The first-order valence-electron chi connectivity index (χ1n) is 10.9. The quantitative estimate of drug-likeness (QED) is 0.587. The molecule has 2 amide bonds. The van der Waals surface area contributed by atoms with E-state index in [4.69, 9.17) is 21.1 Å². The Bertz CT molecular complexity index is 1030. The van der Waals surface area contributed by atoms with Gasteiger partial charge in [0.15, 0.2) is 0 Å². The molecule has 0 aliphatic heterocycles. The van der Waals surface area contributed by atoms with Gasteiger partial charge in [-0.2, -0.15) is 0 Å². The number of rotatable bonds is 5. The van der Waals surface area contributed by atoms with Gasteiger partial charge >= 0.3 is 6.09 Å². The van der Waals surface area contributed by atoms with Crippen molar-refractivity contribution in [3.05, 3.63) is 41.3 Å². The summed E-state index contributed by atoms with van der Waals surface area (Å²) in [6.45, 7) is 5.41. The van der Waals surface area contributed by atoms with Gasteiger partial charge in [-0.3, -0.25) is 4.79 Å². The molecular formula is C24H29ClFN3O4. The van der Waals surface area contributed by atoms with E-state index in [-0.39, 0.29) is 17.9 Å². The SMILES string of the molecule is COc1cc(F)ccc1-c1cc(NC(=O)[C@H]2CCC[C@@H](NC(=O)OC(C)(C)C)C2)ncc1Cl. The Morgan fingerprint density at radius 1 is 1.18 bits per heavy atom. The summed E-state index contributed by atoms with van der Waals surface area (Å²) >= 11 is 6.32. The van der Waals surface area contributed by atoms with Crippen LogP contribution in [0.1, 0.15) is 46.5 Å². The first-order chi connectivity index (χ1) is 15.6. The van der Waals surface area contributed by atoms with Crippen molar-refractivity contribution in [1.29, 1.82) is 0 Å². The summed E-state index contributed by atoms with van der Waals surface area (Å²) in [6.07, 6.45) is 3.78. The van der Waals surface area contributed by atoms with E-state index in [1.54, 1.807) is 32.9 Å². The van der Waals surface area contributed by atoms with Gasteiger partial charge < -0.3 is 20.1 Å². The molecule has 0 bridgehead atoms. The molecule has 2 N–H and O–H groups in total. The fraction of sp³-hybridized carbons (Fsp3) is 0.458. The maximum atomic E-state index is 13.6. The third kappa shape index (κ3) is 6.81. The average molecular weight is 478 g/mol. The second-order valence-corrected chi connectivity index (χ2v) is 9.50. The molecule has 2 aromatic rings. The minimum atomic E-state index is -0.583. The highest BCUT2D eigenvalue weighted by atomic mass is 35.5. The Kier molecular flexibility index (Phi) is 7.79. The van der Waals surface area contributed by atoms with Gasteiger partial charge in [0.1, 0.15) is 23.0 Å². The van der Waals surface area contributed by atoms with Crippen LogP contribution in [0, 0.1) is 11.7 Å². The molecule has 0 saturated heterocycles. The van der Waals surface area contributed by atoms with Crippen LogP contribution in [0.15, 0.2) is 30.5 Å². The number of nitrogens with one attached hydrogen (secondary N) is 2. The van der Waals surface area contributed by atoms with Crippen molar-refractivity contribution in [2.24, 2.45) is 5.92 Å². The van der Waals surface area contributed by atoms with Crippen LogP contribution in [-0.4, -0.2) is 35.7 Å². The molecule has 1 heterocycles. The second kappa shape index (κ2) is 10.4. The van der Waals surface area contributed by atoms with Crippen molar-refractivity contribution in [3.63, 3.8) is 0 Å². The highest BCUT2D eigenvalue weighted by Crippen LogP contribution is 2.36. The Hall–Kier alpha value is -2.87. The number of nitrogens with zero attached hydrogens (tertiary/aromatic N) is 1. The van der Waals surface area contributed by atoms with Crippen LogP contribution in [0.2, 0.25) is 5.02 Å². The zero-order valence-electron chi connectivity index (χ0n) is 19.2. The van der Waals surface area contributed by atoms with Gasteiger partial charge in [-0.1, -0.05) is 18.0 Å². The van der Waals surface area contributed by atoms with Crippen LogP contribution in [0.4, 0.5) is 15.0 Å². The number of hydrogen-bond donors (Lipinski definition) is 2. The number of methoxy groups -OCH3 is 1. The van der Waals surface area contributed by atoms with Gasteiger partial charge in [-0.15, -0.1) is 0 Å². The molecule has 7 nitrogen and oxygen atoms in total. The van der Waals surface area contributed by atoms with Gasteiger partial charge in [0.05, 0.1) is 12.1 Å². The van der Waals surface area contributed by atoms with Crippen molar-refractivity contribution < 1.29 is 23.5 Å². The van der Waals surface area contributed by atoms with Gasteiger partial charge in [-0.05, 0) is 58.2 Å². The molecule has 2 atom stereocenters. The highest BCUT2D eigenvalue weighted by Gasteiger charge is 2.29. The van der Waals surface area contributed by atoms with Crippen LogP contribution in [-0.2, 0) is 9.53 Å². The number of aromatic nitrogens is 1. The number of anilines is 1. The molecule has 0 radical (unpaired) electrons. The van der Waals surface area contributed by atoms with E-state index in [0.29, 0.717) is 40.6 Å². The normalized spacial score (nSPS) is 18.4. The summed E-state index contributed by atoms with van der Waals surface area (Å²) in [5, 5.41) is 6.05. The highest BCUT2D eigenvalue weighted by molar-refractivity contribution is 6.33. The number of ether oxygens (including phenoxy) is 2. The molecule has 0 spiro atoms. The third-order valence-corrected chi connectivity index (χ3v) is 5.63. The molecule has 1 saturated carbocycles. The first-order valence-corrected chi connectivity index (χ1v) is 11.2. The maximum Gasteiger partial charge on any atom is 0.407 e. The predicted octanol–water partition coefficient (Wildman–Crippen LogP) is 5.57. The number of alkyl carbamates (subject to hydrolysis) is 1. The lowest BCUT2D eigenvalue weighted by Crippen LogP contribution is -2.43. The maximum absolute atomic E-state index is 13.6. The molecule has 178 valence electrons. The van der Waals surface area contributed by atoms with Gasteiger partial charge in [-0.25, -0.2) is 14.2 Å². The summed E-state index contributed by atoms with van der Waals surface area (Å²) in [6, 6.07) is 5.64. The summed E-state index contributed by atoms with van der Waals surface area (Å²) in [5.41, 5.74) is 0.564. The van der Waals surface area contributed by atoms with Crippen molar-refractivity contribution in [2.45, 2.75) is 58.1 Å². The molecule has 1 aromatic carbocycles. The van der Waals surface area contributed by atoms with E-state index in [9.17, 15) is 14.0 Å². The van der Waals surface area contributed by atoms with E-state index >= 15 is 0 Å². The molecule has 1 aliphatic carbocycles. The summed E-state index contributed by atoms with van der Waals surface area (Å²) in [5.74, 6) is -0.240. The van der Waals surface area contributed by atoms with Crippen molar-refractivity contribution in [2.75, 3.05) is 12.4 Å². The first kappa shape index (κ1) is 24.8.